The Hall–Kier alpha value is -1.51. The van der Waals surface area contributed by atoms with E-state index in [9.17, 15) is 20.0 Å². The van der Waals surface area contributed by atoms with Crippen LogP contribution in [0.5, 0.6) is 0 Å². The Kier molecular flexibility index (Phi) is 4.69. The predicted molar refractivity (Wildman–Crippen MR) is 75.5 cm³/mol. The quantitative estimate of drug-likeness (QED) is 0.630. The first-order valence-electron chi connectivity index (χ1n) is 6.09. The zero-order valence-corrected chi connectivity index (χ0v) is 12.2. The number of hydrogen-bond donors (Lipinski definition) is 2. The number of carbonyl (C=O) groups is 1. The summed E-state index contributed by atoms with van der Waals surface area (Å²) < 4.78 is 0.615. The number of nitro benzene ring substituents is 1. The molecule has 0 saturated carbocycles. The van der Waals surface area contributed by atoms with Crippen molar-refractivity contribution in [3.05, 3.63) is 38.3 Å². The molecule has 1 aromatic carbocycles. The van der Waals surface area contributed by atoms with E-state index in [-0.39, 0.29) is 5.69 Å². The van der Waals surface area contributed by atoms with Gasteiger partial charge in [-0.1, -0.05) is 15.9 Å². The maximum Gasteiger partial charge on any atom is 0.322 e. The largest absolute Gasteiger partial charge is 0.480 e. The number of nitrogens with one attached hydrogen (secondary N) is 1. The van der Waals surface area contributed by atoms with Crippen LogP contribution < -0.4 is 5.32 Å². The van der Waals surface area contributed by atoms with Gasteiger partial charge in [-0.2, -0.15) is 0 Å². The molecule has 0 radical (unpaired) electrons. The molecule has 0 aromatic heterocycles. The Morgan fingerprint density at radius 3 is 2.95 bits per heavy atom. The molecule has 8 heteroatoms. The minimum Gasteiger partial charge on any atom is -0.480 e. The van der Waals surface area contributed by atoms with Crippen molar-refractivity contribution in [2.24, 2.45) is 0 Å². The van der Waals surface area contributed by atoms with Crippen LogP contribution in [0.2, 0.25) is 0 Å². The number of carboxylic acid groups (broad SMARTS) is 1. The molecule has 1 atom stereocenters. The van der Waals surface area contributed by atoms with E-state index in [0.29, 0.717) is 30.7 Å². The van der Waals surface area contributed by atoms with Gasteiger partial charge in [0.15, 0.2) is 0 Å². The highest BCUT2D eigenvalue weighted by atomic mass is 79.9. The first-order valence-corrected chi connectivity index (χ1v) is 6.88. The van der Waals surface area contributed by atoms with E-state index in [1.807, 2.05) is 4.90 Å². The molecule has 1 saturated heterocycles. The smallest absolute Gasteiger partial charge is 0.322 e. The van der Waals surface area contributed by atoms with Crippen molar-refractivity contribution >= 4 is 27.6 Å². The van der Waals surface area contributed by atoms with Crippen molar-refractivity contribution in [3.8, 4) is 0 Å². The number of benzene rings is 1. The average Bonchev–Trinajstić information content (AvgIpc) is 2.38. The van der Waals surface area contributed by atoms with Gasteiger partial charge in [0.2, 0.25) is 0 Å². The molecule has 1 heterocycles. The lowest BCUT2D eigenvalue weighted by molar-refractivity contribution is -0.385. The second kappa shape index (κ2) is 6.29. The summed E-state index contributed by atoms with van der Waals surface area (Å²) in [5.41, 5.74) is 0.718. The molecule has 108 valence electrons. The molecular formula is C12H14BrN3O4. The van der Waals surface area contributed by atoms with Crippen molar-refractivity contribution < 1.29 is 14.8 Å². The molecule has 0 spiro atoms. The summed E-state index contributed by atoms with van der Waals surface area (Å²) >= 11 is 3.24. The van der Waals surface area contributed by atoms with Gasteiger partial charge in [0.05, 0.1) is 4.92 Å². The van der Waals surface area contributed by atoms with Crippen LogP contribution in [0.15, 0.2) is 22.7 Å². The van der Waals surface area contributed by atoms with Crippen molar-refractivity contribution in [3.63, 3.8) is 0 Å². The number of hydrogen-bond acceptors (Lipinski definition) is 5. The maximum atomic E-state index is 11.2. The summed E-state index contributed by atoms with van der Waals surface area (Å²) in [5, 5.41) is 23.1. The van der Waals surface area contributed by atoms with Crippen molar-refractivity contribution in [2.75, 3.05) is 19.6 Å². The average molecular weight is 344 g/mol. The molecule has 1 aliphatic rings. The second-order valence-electron chi connectivity index (χ2n) is 4.60. The van der Waals surface area contributed by atoms with Gasteiger partial charge in [-0.3, -0.25) is 19.8 Å². The number of nitro groups is 1. The molecule has 1 fully saturated rings. The van der Waals surface area contributed by atoms with Gasteiger partial charge >= 0.3 is 5.97 Å². The lowest BCUT2D eigenvalue weighted by atomic mass is 10.1. The minimum atomic E-state index is -0.887. The van der Waals surface area contributed by atoms with E-state index in [4.69, 9.17) is 0 Å². The zero-order chi connectivity index (χ0) is 14.7. The monoisotopic (exact) mass is 343 g/mol. The number of aliphatic carboxylic acids is 1. The maximum absolute atomic E-state index is 11.2. The molecule has 1 aromatic rings. The molecular weight excluding hydrogens is 330 g/mol. The molecule has 20 heavy (non-hydrogen) atoms. The standard InChI is InChI=1S/C12H14BrN3O4/c13-9-3-8(4-10(5-9)16(19)20)7-15-2-1-14-6-11(15)12(17)18/h3-5,11,14H,1-2,6-7H2,(H,17,18). The van der Waals surface area contributed by atoms with E-state index in [1.165, 1.54) is 12.1 Å². The first-order chi connectivity index (χ1) is 9.47. The molecule has 0 aliphatic carbocycles. The van der Waals surface area contributed by atoms with E-state index in [0.717, 1.165) is 5.56 Å². The molecule has 2 rings (SSSR count). The van der Waals surface area contributed by atoms with Gasteiger partial charge < -0.3 is 10.4 Å². The Morgan fingerprint density at radius 1 is 1.55 bits per heavy atom. The number of rotatable bonds is 4. The van der Waals surface area contributed by atoms with E-state index >= 15 is 0 Å². The SMILES string of the molecule is O=C(O)C1CNCCN1Cc1cc(Br)cc([N+](=O)[O-])c1. The summed E-state index contributed by atoms with van der Waals surface area (Å²) in [4.78, 5) is 23.4. The fourth-order valence-electron chi connectivity index (χ4n) is 2.24. The topological polar surface area (TPSA) is 95.7 Å². The summed E-state index contributed by atoms with van der Waals surface area (Å²) in [5.74, 6) is -0.887. The van der Waals surface area contributed by atoms with Crippen LogP contribution in [-0.2, 0) is 11.3 Å². The van der Waals surface area contributed by atoms with Gasteiger partial charge in [-0.15, -0.1) is 0 Å². The van der Waals surface area contributed by atoms with Gasteiger partial charge in [0.1, 0.15) is 6.04 Å². The van der Waals surface area contributed by atoms with Crippen LogP contribution in [0, 0.1) is 10.1 Å². The Labute approximate surface area is 123 Å². The minimum absolute atomic E-state index is 0.00335. The summed E-state index contributed by atoms with van der Waals surface area (Å²) in [6.45, 7) is 2.06. The van der Waals surface area contributed by atoms with Crippen LogP contribution in [0.1, 0.15) is 5.56 Å². The van der Waals surface area contributed by atoms with Crippen LogP contribution >= 0.6 is 15.9 Å². The summed E-state index contributed by atoms with van der Waals surface area (Å²) in [6.07, 6.45) is 0. The highest BCUT2D eigenvalue weighted by Crippen LogP contribution is 2.23. The molecule has 7 nitrogen and oxygen atoms in total. The zero-order valence-electron chi connectivity index (χ0n) is 10.6. The fraction of sp³-hybridized carbons (Fsp3) is 0.417. The van der Waals surface area contributed by atoms with Crippen molar-refractivity contribution in [2.45, 2.75) is 12.6 Å². The Balaban J connectivity index is 2.19. The molecule has 0 bridgehead atoms. The number of piperazine rings is 1. The number of carboxylic acids is 1. The van der Waals surface area contributed by atoms with Crippen molar-refractivity contribution in [1.82, 2.24) is 10.2 Å². The highest BCUT2D eigenvalue weighted by molar-refractivity contribution is 9.10. The molecule has 1 unspecified atom stereocenters. The normalized spacial score (nSPS) is 19.8. The number of halogens is 1. The Bertz CT molecular complexity index is 537. The predicted octanol–water partition coefficient (Wildman–Crippen LogP) is 1.22. The lowest BCUT2D eigenvalue weighted by Crippen LogP contribution is -2.54. The van der Waals surface area contributed by atoms with Gasteiger partial charge in [0, 0.05) is 42.8 Å². The fourth-order valence-corrected chi connectivity index (χ4v) is 2.77. The van der Waals surface area contributed by atoms with E-state index < -0.39 is 16.9 Å². The lowest BCUT2D eigenvalue weighted by Gasteiger charge is -2.33. The van der Waals surface area contributed by atoms with Gasteiger partial charge in [-0.25, -0.2) is 0 Å². The third-order valence-corrected chi connectivity index (χ3v) is 3.64. The van der Waals surface area contributed by atoms with Crippen LogP contribution in [0.25, 0.3) is 0 Å². The highest BCUT2D eigenvalue weighted by Gasteiger charge is 2.28. The van der Waals surface area contributed by atoms with Crippen LogP contribution in [-0.4, -0.2) is 46.6 Å². The van der Waals surface area contributed by atoms with Crippen LogP contribution in [0.3, 0.4) is 0 Å². The third kappa shape index (κ3) is 3.53. The third-order valence-electron chi connectivity index (χ3n) is 3.18. The molecule has 2 N–H and O–H groups in total. The number of nitrogens with zero attached hydrogens (tertiary/aromatic N) is 2. The Morgan fingerprint density at radius 2 is 2.30 bits per heavy atom. The van der Waals surface area contributed by atoms with Crippen LogP contribution in [0.4, 0.5) is 5.69 Å². The van der Waals surface area contributed by atoms with E-state index in [2.05, 4.69) is 21.2 Å². The molecule has 1 aliphatic heterocycles. The van der Waals surface area contributed by atoms with Gasteiger partial charge in [0.25, 0.3) is 5.69 Å². The summed E-state index contributed by atoms with van der Waals surface area (Å²) in [7, 11) is 0. The van der Waals surface area contributed by atoms with E-state index in [1.54, 1.807) is 6.07 Å². The number of non-ortho nitro benzene ring substituents is 1. The summed E-state index contributed by atoms with van der Waals surface area (Å²) in [6, 6.07) is 4.07. The second-order valence-corrected chi connectivity index (χ2v) is 5.52. The van der Waals surface area contributed by atoms with Crippen molar-refractivity contribution in [1.29, 1.82) is 0 Å². The van der Waals surface area contributed by atoms with Gasteiger partial charge in [-0.05, 0) is 11.6 Å². The first kappa shape index (κ1) is 14.9. The molecule has 0 amide bonds.